The van der Waals surface area contributed by atoms with Crippen molar-refractivity contribution in [3.8, 4) is 11.5 Å². The fourth-order valence-corrected chi connectivity index (χ4v) is 3.69. The van der Waals surface area contributed by atoms with Gasteiger partial charge in [0.2, 0.25) is 0 Å². The molecule has 1 atom stereocenters. The summed E-state index contributed by atoms with van der Waals surface area (Å²) in [7, 11) is 1.68. The molecule has 0 spiro atoms. The highest BCUT2D eigenvalue weighted by atomic mass is 35.5. The van der Waals surface area contributed by atoms with E-state index in [2.05, 4.69) is 40.2 Å². The molecule has 0 bridgehead atoms. The van der Waals surface area contributed by atoms with Gasteiger partial charge in [0.1, 0.15) is 0 Å². The summed E-state index contributed by atoms with van der Waals surface area (Å²) >= 11 is 0. The van der Waals surface area contributed by atoms with E-state index in [1.165, 1.54) is 16.6 Å². The molecule has 5 heteroatoms. The first kappa shape index (κ1) is 18.6. The largest absolute Gasteiger partial charge is 0.493 e. The first-order valence-corrected chi connectivity index (χ1v) is 8.91. The van der Waals surface area contributed by atoms with Crippen LogP contribution in [0.25, 0.3) is 10.9 Å². The second-order valence-corrected chi connectivity index (χ2v) is 6.47. The Morgan fingerprint density at radius 3 is 2.69 bits per heavy atom. The number of hydrogen-bond donors (Lipinski definition) is 1. The highest BCUT2D eigenvalue weighted by molar-refractivity contribution is 5.85. The van der Waals surface area contributed by atoms with Gasteiger partial charge in [0, 0.05) is 36.8 Å². The molecular weight excluding hydrogens is 348 g/mol. The maximum atomic E-state index is 6.00. The minimum absolute atomic E-state index is 0. The zero-order chi connectivity index (χ0) is 17.1. The van der Waals surface area contributed by atoms with Gasteiger partial charge in [-0.25, -0.2) is 0 Å². The Morgan fingerprint density at radius 1 is 1.08 bits per heavy atom. The average molecular weight is 373 g/mol. The van der Waals surface area contributed by atoms with Gasteiger partial charge in [-0.3, -0.25) is 0 Å². The van der Waals surface area contributed by atoms with Crippen molar-refractivity contribution in [3.05, 3.63) is 60.3 Å². The molecule has 26 heavy (non-hydrogen) atoms. The average Bonchev–Trinajstić information content (AvgIpc) is 2.91. The molecule has 2 aromatic carbocycles. The number of rotatable bonds is 5. The standard InChI is InChI=1S/C21H24N2O2.ClH/c1-24-20-8-4-5-9-21(20)25-13-10-17-15-22-11-12-23-18-7-3-2-6-16(18)14-19(17)23;/h2-9,14,17,22H,10-13,15H2,1H3;1H. The molecule has 1 N–H and O–H groups in total. The third-order valence-electron chi connectivity index (χ3n) is 4.96. The zero-order valence-electron chi connectivity index (χ0n) is 15.0. The lowest BCUT2D eigenvalue weighted by Gasteiger charge is -2.17. The van der Waals surface area contributed by atoms with Gasteiger partial charge in [-0.1, -0.05) is 30.3 Å². The minimum atomic E-state index is 0. The first-order chi connectivity index (χ1) is 12.4. The summed E-state index contributed by atoms with van der Waals surface area (Å²) in [6.45, 7) is 3.70. The van der Waals surface area contributed by atoms with Gasteiger partial charge >= 0.3 is 0 Å². The lowest BCUT2D eigenvalue weighted by atomic mass is 10.0. The van der Waals surface area contributed by atoms with Gasteiger partial charge in [0.05, 0.1) is 13.7 Å². The van der Waals surface area contributed by atoms with Crippen molar-refractivity contribution < 1.29 is 9.47 Å². The number of nitrogens with one attached hydrogen (secondary N) is 1. The smallest absolute Gasteiger partial charge is 0.161 e. The van der Waals surface area contributed by atoms with E-state index in [9.17, 15) is 0 Å². The molecule has 0 saturated carbocycles. The van der Waals surface area contributed by atoms with E-state index in [-0.39, 0.29) is 12.4 Å². The molecule has 0 fully saturated rings. The van der Waals surface area contributed by atoms with Crippen molar-refractivity contribution in [1.29, 1.82) is 0 Å². The molecule has 1 unspecified atom stereocenters. The highest BCUT2D eigenvalue weighted by Crippen LogP contribution is 2.30. The Labute approximate surface area is 160 Å². The summed E-state index contributed by atoms with van der Waals surface area (Å²) in [5.41, 5.74) is 2.74. The Morgan fingerprint density at radius 2 is 1.85 bits per heavy atom. The number of para-hydroxylation sites is 3. The summed E-state index contributed by atoms with van der Waals surface area (Å²) in [6, 6.07) is 18.8. The van der Waals surface area contributed by atoms with Crippen molar-refractivity contribution in [2.75, 3.05) is 26.8 Å². The Bertz CT molecular complexity index is 862. The van der Waals surface area contributed by atoms with Crippen LogP contribution in [0.4, 0.5) is 0 Å². The lowest BCUT2D eigenvalue weighted by Crippen LogP contribution is -2.21. The minimum Gasteiger partial charge on any atom is -0.493 e. The molecule has 3 aromatic rings. The molecular formula is C21H25ClN2O2. The Balaban J connectivity index is 0.00000196. The third kappa shape index (κ3) is 3.67. The monoisotopic (exact) mass is 372 g/mol. The van der Waals surface area contributed by atoms with Gasteiger partial charge in [-0.15, -0.1) is 12.4 Å². The summed E-state index contributed by atoms with van der Waals surface area (Å²) in [5.74, 6) is 2.05. The van der Waals surface area contributed by atoms with Crippen LogP contribution in [0, 0.1) is 0 Å². The molecule has 0 aliphatic carbocycles. The van der Waals surface area contributed by atoms with E-state index < -0.39 is 0 Å². The topological polar surface area (TPSA) is 35.4 Å². The number of ether oxygens (including phenoxy) is 2. The Kier molecular flexibility index (Phi) is 6.07. The number of fused-ring (bicyclic) bond motifs is 3. The molecule has 1 aliphatic heterocycles. The van der Waals surface area contributed by atoms with E-state index in [1.807, 2.05) is 24.3 Å². The quantitative estimate of drug-likeness (QED) is 0.728. The molecule has 2 heterocycles. The van der Waals surface area contributed by atoms with Crippen molar-refractivity contribution >= 4 is 23.3 Å². The number of halogens is 1. The van der Waals surface area contributed by atoms with E-state index in [1.54, 1.807) is 7.11 Å². The predicted octanol–water partition coefficient (Wildman–Crippen LogP) is 4.23. The summed E-state index contributed by atoms with van der Waals surface area (Å²) in [4.78, 5) is 0. The normalized spacial score (nSPS) is 16.4. The van der Waals surface area contributed by atoms with Crippen molar-refractivity contribution in [2.45, 2.75) is 18.9 Å². The van der Waals surface area contributed by atoms with Crippen LogP contribution in [0.15, 0.2) is 54.6 Å². The van der Waals surface area contributed by atoms with Crippen molar-refractivity contribution in [3.63, 3.8) is 0 Å². The van der Waals surface area contributed by atoms with Crippen LogP contribution in [-0.4, -0.2) is 31.4 Å². The predicted molar refractivity (Wildman–Crippen MR) is 108 cm³/mol. The maximum absolute atomic E-state index is 6.00. The second-order valence-electron chi connectivity index (χ2n) is 6.47. The van der Waals surface area contributed by atoms with Crippen LogP contribution >= 0.6 is 12.4 Å². The summed E-state index contributed by atoms with van der Waals surface area (Å²) in [6.07, 6.45) is 0.974. The summed E-state index contributed by atoms with van der Waals surface area (Å²) in [5, 5.41) is 4.89. The SMILES string of the molecule is COc1ccccc1OCCC1CNCCn2c1cc1ccccc12.Cl. The van der Waals surface area contributed by atoms with Crippen LogP contribution < -0.4 is 14.8 Å². The maximum Gasteiger partial charge on any atom is 0.161 e. The molecule has 1 aromatic heterocycles. The Hall–Kier alpha value is -2.17. The summed E-state index contributed by atoms with van der Waals surface area (Å²) < 4.78 is 13.8. The second kappa shape index (κ2) is 8.47. The molecule has 0 amide bonds. The van der Waals surface area contributed by atoms with E-state index in [0.29, 0.717) is 12.5 Å². The van der Waals surface area contributed by atoms with E-state index in [4.69, 9.17) is 9.47 Å². The molecule has 0 radical (unpaired) electrons. The van der Waals surface area contributed by atoms with Crippen LogP contribution in [-0.2, 0) is 6.54 Å². The fraction of sp³-hybridized carbons (Fsp3) is 0.333. The van der Waals surface area contributed by atoms with Crippen LogP contribution in [0.3, 0.4) is 0 Å². The highest BCUT2D eigenvalue weighted by Gasteiger charge is 2.21. The number of hydrogen-bond acceptors (Lipinski definition) is 3. The first-order valence-electron chi connectivity index (χ1n) is 8.91. The molecule has 4 nitrogen and oxygen atoms in total. The number of aromatic nitrogens is 1. The van der Waals surface area contributed by atoms with Gasteiger partial charge in [-0.05, 0) is 36.1 Å². The molecule has 138 valence electrons. The van der Waals surface area contributed by atoms with Gasteiger partial charge in [0.25, 0.3) is 0 Å². The molecule has 0 saturated heterocycles. The lowest BCUT2D eigenvalue weighted by molar-refractivity contribution is 0.277. The molecule has 1 aliphatic rings. The van der Waals surface area contributed by atoms with Crippen LogP contribution in [0.1, 0.15) is 18.0 Å². The van der Waals surface area contributed by atoms with Gasteiger partial charge < -0.3 is 19.4 Å². The zero-order valence-corrected chi connectivity index (χ0v) is 15.8. The number of nitrogens with zero attached hydrogens (tertiary/aromatic N) is 1. The van der Waals surface area contributed by atoms with Crippen molar-refractivity contribution in [2.24, 2.45) is 0 Å². The number of benzene rings is 2. The van der Waals surface area contributed by atoms with Gasteiger partial charge in [0.15, 0.2) is 11.5 Å². The molecule has 4 rings (SSSR count). The van der Waals surface area contributed by atoms with Gasteiger partial charge in [-0.2, -0.15) is 0 Å². The van der Waals surface area contributed by atoms with Crippen LogP contribution in [0.2, 0.25) is 0 Å². The fourth-order valence-electron chi connectivity index (χ4n) is 3.69. The van der Waals surface area contributed by atoms with Crippen molar-refractivity contribution in [1.82, 2.24) is 9.88 Å². The van der Waals surface area contributed by atoms with E-state index >= 15 is 0 Å². The van der Waals surface area contributed by atoms with Crippen LogP contribution in [0.5, 0.6) is 11.5 Å². The third-order valence-corrected chi connectivity index (χ3v) is 4.96. The number of methoxy groups -OCH3 is 1. The van der Waals surface area contributed by atoms with E-state index in [0.717, 1.165) is 37.6 Å².